The van der Waals surface area contributed by atoms with Crippen LogP contribution in [-0.2, 0) is 0 Å². The quantitative estimate of drug-likeness (QED) is 0.886. The van der Waals surface area contributed by atoms with Gasteiger partial charge in [-0.3, -0.25) is 9.59 Å². The Hall–Kier alpha value is -2.07. The number of benzene rings is 1. The van der Waals surface area contributed by atoms with Crippen LogP contribution in [0.15, 0.2) is 35.3 Å². The minimum atomic E-state index is -0.445. The Kier molecular flexibility index (Phi) is 3.71. The Balaban J connectivity index is 2.31. The Labute approximate surface area is 115 Å². The van der Waals surface area contributed by atoms with Crippen molar-refractivity contribution < 1.29 is 4.79 Å². The van der Waals surface area contributed by atoms with Gasteiger partial charge in [0, 0.05) is 16.9 Å². The van der Waals surface area contributed by atoms with Gasteiger partial charge in [-0.25, -0.2) is 0 Å². The molecule has 0 radical (unpaired) electrons. The molecule has 1 amide bonds. The standard InChI is InChI=1S/C14H13ClN2O2/c1-8-3-4-10(7-11(8)15)17-14(19)12-9(2)5-6-16-13(12)18/h3-7H,1-2H3,(H,16,18)(H,17,19). The van der Waals surface area contributed by atoms with E-state index in [1.165, 1.54) is 6.20 Å². The molecule has 0 saturated carbocycles. The molecule has 0 atom stereocenters. The number of aromatic nitrogens is 1. The third-order valence-corrected chi connectivity index (χ3v) is 3.23. The Morgan fingerprint density at radius 1 is 1.21 bits per heavy atom. The van der Waals surface area contributed by atoms with Crippen LogP contribution in [0.4, 0.5) is 5.69 Å². The average Bonchev–Trinajstić information content (AvgIpc) is 2.33. The summed E-state index contributed by atoms with van der Waals surface area (Å²) in [6.07, 6.45) is 1.51. The summed E-state index contributed by atoms with van der Waals surface area (Å²) in [7, 11) is 0. The molecule has 0 aliphatic rings. The maximum absolute atomic E-state index is 12.1. The van der Waals surface area contributed by atoms with E-state index < -0.39 is 11.5 Å². The molecule has 0 aliphatic carbocycles. The highest BCUT2D eigenvalue weighted by atomic mass is 35.5. The molecule has 4 nitrogen and oxygen atoms in total. The molecule has 1 heterocycles. The SMILES string of the molecule is Cc1ccc(NC(=O)c2c(C)cc[nH]c2=O)cc1Cl. The second-order valence-electron chi connectivity index (χ2n) is 4.28. The van der Waals surface area contributed by atoms with Crippen molar-refractivity contribution in [2.24, 2.45) is 0 Å². The smallest absolute Gasteiger partial charge is 0.261 e. The number of carbonyl (C=O) groups is 1. The van der Waals surface area contributed by atoms with E-state index in [1.807, 2.05) is 6.92 Å². The molecule has 0 spiro atoms. The summed E-state index contributed by atoms with van der Waals surface area (Å²) in [6, 6.07) is 6.88. The normalized spacial score (nSPS) is 10.3. The Bertz CT molecular complexity index is 692. The van der Waals surface area contributed by atoms with Crippen LogP contribution in [0.1, 0.15) is 21.5 Å². The summed E-state index contributed by atoms with van der Waals surface area (Å²) < 4.78 is 0. The number of anilines is 1. The number of H-pyrrole nitrogens is 1. The second-order valence-corrected chi connectivity index (χ2v) is 4.69. The topological polar surface area (TPSA) is 62.0 Å². The van der Waals surface area contributed by atoms with Crippen molar-refractivity contribution >= 4 is 23.2 Å². The molecule has 0 aliphatic heterocycles. The van der Waals surface area contributed by atoms with E-state index in [1.54, 1.807) is 31.2 Å². The van der Waals surface area contributed by atoms with Gasteiger partial charge in [-0.2, -0.15) is 0 Å². The monoisotopic (exact) mass is 276 g/mol. The van der Waals surface area contributed by atoms with Gasteiger partial charge < -0.3 is 10.3 Å². The number of hydrogen-bond donors (Lipinski definition) is 2. The number of pyridine rings is 1. The molecule has 98 valence electrons. The number of aromatic amines is 1. The molecule has 1 aromatic carbocycles. The third-order valence-electron chi connectivity index (χ3n) is 2.83. The van der Waals surface area contributed by atoms with Crippen LogP contribution in [-0.4, -0.2) is 10.9 Å². The van der Waals surface area contributed by atoms with E-state index in [2.05, 4.69) is 10.3 Å². The van der Waals surface area contributed by atoms with Gasteiger partial charge in [-0.1, -0.05) is 17.7 Å². The van der Waals surface area contributed by atoms with Crippen molar-refractivity contribution in [1.82, 2.24) is 4.98 Å². The maximum atomic E-state index is 12.1. The van der Waals surface area contributed by atoms with Crippen LogP contribution < -0.4 is 10.9 Å². The predicted octanol–water partition coefficient (Wildman–Crippen LogP) is 2.90. The summed E-state index contributed by atoms with van der Waals surface area (Å²) in [6.45, 7) is 3.59. The van der Waals surface area contributed by atoms with Crippen molar-refractivity contribution in [3.8, 4) is 0 Å². The summed E-state index contributed by atoms with van der Waals surface area (Å²) in [4.78, 5) is 26.2. The Morgan fingerprint density at radius 2 is 1.95 bits per heavy atom. The van der Waals surface area contributed by atoms with Gasteiger partial charge in [0.05, 0.1) is 0 Å². The molecule has 0 fully saturated rings. The van der Waals surface area contributed by atoms with Gasteiger partial charge in [0.2, 0.25) is 0 Å². The van der Waals surface area contributed by atoms with E-state index in [4.69, 9.17) is 11.6 Å². The fourth-order valence-corrected chi connectivity index (χ4v) is 1.90. The van der Waals surface area contributed by atoms with Crippen molar-refractivity contribution in [1.29, 1.82) is 0 Å². The van der Waals surface area contributed by atoms with Crippen LogP contribution in [0.2, 0.25) is 5.02 Å². The molecule has 2 rings (SSSR count). The number of rotatable bonds is 2. The van der Waals surface area contributed by atoms with Crippen LogP contribution in [0, 0.1) is 13.8 Å². The highest BCUT2D eigenvalue weighted by Crippen LogP contribution is 2.20. The summed E-state index contributed by atoms with van der Waals surface area (Å²) >= 11 is 5.99. The number of carbonyl (C=O) groups excluding carboxylic acids is 1. The number of aryl methyl sites for hydroxylation is 2. The number of amides is 1. The zero-order valence-electron chi connectivity index (χ0n) is 10.6. The summed E-state index contributed by atoms with van der Waals surface area (Å²) in [5.41, 5.74) is 1.81. The van der Waals surface area contributed by atoms with E-state index in [-0.39, 0.29) is 5.56 Å². The van der Waals surface area contributed by atoms with Gasteiger partial charge in [0.15, 0.2) is 0 Å². The summed E-state index contributed by atoms with van der Waals surface area (Å²) in [5.74, 6) is -0.445. The van der Waals surface area contributed by atoms with Crippen LogP contribution >= 0.6 is 11.6 Å². The average molecular weight is 277 g/mol. The van der Waals surface area contributed by atoms with Gasteiger partial charge in [-0.05, 0) is 43.2 Å². The lowest BCUT2D eigenvalue weighted by atomic mass is 10.1. The summed E-state index contributed by atoms with van der Waals surface area (Å²) in [5, 5.41) is 3.23. The van der Waals surface area contributed by atoms with Gasteiger partial charge in [0.25, 0.3) is 11.5 Å². The fourth-order valence-electron chi connectivity index (χ4n) is 1.72. The first-order chi connectivity index (χ1) is 8.99. The highest BCUT2D eigenvalue weighted by molar-refractivity contribution is 6.31. The first kappa shape index (κ1) is 13.4. The zero-order chi connectivity index (χ0) is 14.0. The molecule has 0 saturated heterocycles. The molecule has 5 heteroatoms. The Morgan fingerprint density at radius 3 is 2.58 bits per heavy atom. The van der Waals surface area contributed by atoms with Gasteiger partial charge in [-0.15, -0.1) is 0 Å². The van der Waals surface area contributed by atoms with E-state index in [0.29, 0.717) is 16.3 Å². The number of halogens is 1. The van der Waals surface area contributed by atoms with Crippen molar-refractivity contribution in [2.75, 3.05) is 5.32 Å². The predicted molar refractivity (Wildman–Crippen MR) is 75.9 cm³/mol. The lowest BCUT2D eigenvalue weighted by molar-refractivity contribution is 0.102. The van der Waals surface area contributed by atoms with Gasteiger partial charge in [0.1, 0.15) is 5.56 Å². The fraction of sp³-hybridized carbons (Fsp3) is 0.143. The van der Waals surface area contributed by atoms with E-state index >= 15 is 0 Å². The molecule has 19 heavy (non-hydrogen) atoms. The number of nitrogens with one attached hydrogen (secondary N) is 2. The lowest BCUT2D eigenvalue weighted by Gasteiger charge is -2.08. The lowest BCUT2D eigenvalue weighted by Crippen LogP contribution is -2.24. The van der Waals surface area contributed by atoms with Gasteiger partial charge >= 0.3 is 0 Å². The zero-order valence-corrected chi connectivity index (χ0v) is 11.3. The minimum absolute atomic E-state index is 0.110. The van der Waals surface area contributed by atoms with Crippen LogP contribution in [0.3, 0.4) is 0 Å². The molecule has 0 unspecified atom stereocenters. The van der Waals surface area contributed by atoms with Crippen molar-refractivity contribution in [3.63, 3.8) is 0 Å². The van der Waals surface area contributed by atoms with Crippen LogP contribution in [0.25, 0.3) is 0 Å². The van der Waals surface area contributed by atoms with E-state index in [0.717, 1.165) is 5.56 Å². The number of hydrogen-bond acceptors (Lipinski definition) is 2. The molecule has 0 bridgehead atoms. The van der Waals surface area contributed by atoms with E-state index in [9.17, 15) is 9.59 Å². The highest BCUT2D eigenvalue weighted by Gasteiger charge is 2.13. The molecule has 2 N–H and O–H groups in total. The second kappa shape index (κ2) is 5.28. The molecule has 2 aromatic rings. The minimum Gasteiger partial charge on any atom is -0.328 e. The first-order valence-electron chi connectivity index (χ1n) is 5.75. The molecule has 1 aromatic heterocycles. The van der Waals surface area contributed by atoms with Crippen LogP contribution in [0.5, 0.6) is 0 Å². The third kappa shape index (κ3) is 2.85. The largest absolute Gasteiger partial charge is 0.328 e. The molecular weight excluding hydrogens is 264 g/mol. The molecular formula is C14H13ClN2O2. The van der Waals surface area contributed by atoms with Crippen molar-refractivity contribution in [2.45, 2.75) is 13.8 Å². The van der Waals surface area contributed by atoms with Crippen molar-refractivity contribution in [3.05, 3.63) is 62.5 Å². The maximum Gasteiger partial charge on any atom is 0.261 e. The first-order valence-corrected chi connectivity index (χ1v) is 6.12.